The maximum Gasteiger partial charge on any atom is 0.287 e. The first kappa shape index (κ1) is 19.7. The van der Waals surface area contributed by atoms with Crippen LogP contribution in [0.2, 0.25) is 0 Å². The average Bonchev–Trinajstić information content (AvgIpc) is 3.31. The number of ether oxygens (including phenoxy) is 5. The summed E-state index contributed by atoms with van der Waals surface area (Å²) in [5.41, 5.74) is 2.68. The number of aromatic amines is 1. The van der Waals surface area contributed by atoms with E-state index >= 15 is 0 Å². The van der Waals surface area contributed by atoms with Crippen molar-refractivity contribution in [2.75, 3.05) is 6.61 Å². The minimum atomic E-state index is -1.16. The second kappa shape index (κ2) is 6.60. The van der Waals surface area contributed by atoms with Crippen LogP contribution in [0.3, 0.4) is 0 Å². The van der Waals surface area contributed by atoms with E-state index in [9.17, 15) is 4.79 Å². The van der Waals surface area contributed by atoms with Crippen LogP contribution >= 0.6 is 0 Å². The van der Waals surface area contributed by atoms with Gasteiger partial charge in [-0.3, -0.25) is 4.79 Å². The predicted octanol–water partition coefficient (Wildman–Crippen LogP) is 2.28. The molecule has 160 valence electrons. The number of hydrazone groups is 1. The monoisotopic (exact) mass is 415 g/mol. The summed E-state index contributed by atoms with van der Waals surface area (Å²) < 4.78 is 30.1. The number of rotatable bonds is 3. The summed E-state index contributed by atoms with van der Waals surface area (Å²) in [5, 5.41) is 5.13. The van der Waals surface area contributed by atoms with Gasteiger partial charge in [0.1, 0.15) is 17.9 Å². The Morgan fingerprint density at radius 1 is 1.17 bits per heavy atom. The van der Waals surface area contributed by atoms with Crippen LogP contribution in [0.15, 0.2) is 35.4 Å². The first-order chi connectivity index (χ1) is 14.2. The minimum absolute atomic E-state index is 0.315. The summed E-state index contributed by atoms with van der Waals surface area (Å²) >= 11 is 0. The number of nitrogens with zero attached hydrogens (tertiary/aromatic N) is 1. The highest BCUT2D eigenvalue weighted by molar-refractivity contribution is 5.98. The molecule has 4 atom stereocenters. The number of carbonyl (C=O) groups is 1. The number of fused-ring (bicyclic) bond motifs is 4. The summed E-state index contributed by atoms with van der Waals surface area (Å²) in [6, 6.07) is 9.43. The molecule has 4 unspecified atom stereocenters. The van der Waals surface area contributed by atoms with Gasteiger partial charge in [0.25, 0.3) is 5.91 Å². The number of hydrogen-bond acceptors (Lipinski definition) is 7. The van der Waals surface area contributed by atoms with Crippen LogP contribution in [0.1, 0.15) is 38.2 Å². The molecule has 5 rings (SSSR count). The zero-order valence-electron chi connectivity index (χ0n) is 17.3. The van der Waals surface area contributed by atoms with Crippen molar-refractivity contribution < 1.29 is 28.5 Å². The molecule has 3 saturated heterocycles. The Balaban J connectivity index is 1.40. The number of aromatic nitrogens is 1. The number of hydrogen-bond donors (Lipinski definition) is 2. The van der Waals surface area contributed by atoms with Crippen LogP contribution in [0, 0.1) is 0 Å². The van der Waals surface area contributed by atoms with Gasteiger partial charge in [-0.25, -0.2) is 5.43 Å². The van der Waals surface area contributed by atoms with Crippen molar-refractivity contribution in [1.29, 1.82) is 0 Å². The maximum absolute atomic E-state index is 12.6. The van der Waals surface area contributed by atoms with Gasteiger partial charge in [-0.15, -0.1) is 0 Å². The third kappa shape index (κ3) is 3.23. The highest BCUT2D eigenvalue weighted by Crippen LogP contribution is 2.47. The van der Waals surface area contributed by atoms with Crippen molar-refractivity contribution in [3.8, 4) is 0 Å². The van der Waals surface area contributed by atoms with Gasteiger partial charge in [0.05, 0.1) is 12.8 Å². The Bertz CT molecular complexity index is 982. The van der Waals surface area contributed by atoms with Crippen molar-refractivity contribution in [2.45, 2.75) is 63.4 Å². The highest BCUT2D eigenvalue weighted by atomic mass is 16.9. The van der Waals surface area contributed by atoms with Crippen molar-refractivity contribution in [1.82, 2.24) is 10.4 Å². The van der Waals surface area contributed by atoms with Crippen LogP contribution in [0.4, 0.5) is 0 Å². The molecule has 2 aromatic rings. The smallest absolute Gasteiger partial charge is 0.287 e. The average molecular weight is 415 g/mol. The second-order valence-corrected chi connectivity index (χ2v) is 8.70. The molecule has 3 aliphatic rings. The summed E-state index contributed by atoms with van der Waals surface area (Å²) in [5.74, 6) is -2.08. The molecule has 0 spiro atoms. The molecule has 1 aromatic carbocycles. The molecule has 0 aliphatic carbocycles. The Labute approximate surface area is 173 Å². The van der Waals surface area contributed by atoms with E-state index in [1.165, 1.54) is 6.21 Å². The molecular weight excluding hydrogens is 390 g/mol. The minimum Gasteiger partial charge on any atom is -0.350 e. The van der Waals surface area contributed by atoms with Crippen molar-refractivity contribution >= 4 is 23.0 Å². The summed E-state index contributed by atoms with van der Waals surface area (Å²) in [6.07, 6.45) is -0.0829. The molecule has 0 radical (unpaired) electrons. The number of H-pyrrole nitrogens is 1. The zero-order valence-corrected chi connectivity index (χ0v) is 17.3. The van der Waals surface area contributed by atoms with Crippen LogP contribution in [0.25, 0.3) is 10.9 Å². The zero-order chi connectivity index (χ0) is 21.1. The van der Waals surface area contributed by atoms with E-state index in [1.54, 1.807) is 19.9 Å². The molecule has 1 aromatic heterocycles. The Morgan fingerprint density at radius 3 is 2.77 bits per heavy atom. The lowest BCUT2D eigenvalue weighted by molar-refractivity contribution is -0.208. The first-order valence-electron chi connectivity index (χ1n) is 9.95. The van der Waals surface area contributed by atoms with E-state index in [1.807, 2.05) is 38.1 Å². The van der Waals surface area contributed by atoms with Crippen molar-refractivity contribution in [3.63, 3.8) is 0 Å². The topological polar surface area (TPSA) is 103 Å². The molecule has 9 heteroatoms. The van der Waals surface area contributed by atoms with E-state index in [2.05, 4.69) is 15.5 Å². The van der Waals surface area contributed by atoms with E-state index in [0.29, 0.717) is 12.3 Å². The highest BCUT2D eigenvalue weighted by Gasteiger charge is 2.66. The van der Waals surface area contributed by atoms with Gasteiger partial charge in [0.2, 0.25) is 0 Å². The Kier molecular flexibility index (Phi) is 4.32. The van der Waals surface area contributed by atoms with Gasteiger partial charge >= 0.3 is 0 Å². The molecule has 0 saturated carbocycles. The van der Waals surface area contributed by atoms with E-state index < -0.39 is 29.6 Å². The molecule has 1 amide bonds. The standard InChI is InChI=1S/C21H25N3O6/c1-19(2)27-15-10-26-18-21(16(15)28-19,30-20(3,4)29-18)11-22-24-17(25)14-9-12-7-5-6-8-13(12)23-14/h5-9,11,15-16,18,23H,10H2,1-4H3,(H,24,25). The molecule has 30 heavy (non-hydrogen) atoms. The lowest BCUT2D eigenvalue weighted by Crippen LogP contribution is -2.62. The maximum atomic E-state index is 12.6. The fourth-order valence-electron chi connectivity index (χ4n) is 4.33. The van der Waals surface area contributed by atoms with Crippen LogP contribution in [0.5, 0.6) is 0 Å². The molecule has 3 fully saturated rings. The summed E-state index contributed by atoms with van der Waals surface area (Å²) in [6.45, 7) is 7.58. The van der Waals surface area contributed by atoms with Crippen molar-refractivity contribution in [3.05, 3.63) is 36.0 Å². The molecule has 0 bridgehead atoms. The number of nitrogens with one attached hydrogen (secondary N) is 2. The predicted molar refractivity (Wildman–Crippen MR) is 107 cm³/mol. The number of amides is 1. The summed E-state index contributed by atoms with van der Waals surface area (Å²) in [7, 11) is 0. The largest absolute Gasteiger partial charge is 0.350 e. The third-order valence-electron chi connectivity index (χ3n) is 5.43. The molecular formula is C21H25N3O6. The number of benzene rings is 1. The van der Waals surface area contributed by atoms with Crippen molar-refractivity contribution in [2.24, 2.45) is 5.10 Å². The third-order valence-corrected chi connectivity index (χ3v) is 5.43. The number of para-hydroxylation sites is 1. The van der Waals surface area contributed by atoms with Crippen LogP contribution < -0.4 is 5.43 Å². The van der Waals surface area contributed by atoms with Gasteiger partial charge in [-0.05, 0) is 39.8 Å². The summed E-state index contributed by atoms with van der Waals surface area (Å²) in [4.78, 5) is 15.7. The van der Waals surface area contributed by atoms with Crippen LogP contribution in [-0.2, 0) is 23.7 Å². The Morgan fingerprint density at radius 2 is 1.97 bits per heavy atom. The molecule has 4 heterocycles. The molecule has 2 N–H and O–H groups in total. The first-order valence-corrected chi connectivity index (χ1v) is 9.95. The molecule has 3 aliphatic heterocycles. The molecule has 9 nitrogen and oxygen atoms in total. The SMILES string of the molecule is CC1(C)OC2COC3OC(C)(C)OC3(C=NNC(=O)c3cc4ccccc4[nH]3)C2O1. The lowest BCUT2D eigenvalue weighted by atomic mass is 9.91. The van der Waals surface area contributed by atoms with Gasteiger partial charge in [-0.2, -0.15) is 5.10 Å². The normalized spacial score (nSPS) is 34.2. The lowest BCUT2D eigenvalue weighted by Gasteiger charge is -2.39. The fraction of sp³-hybridized carbons (Fsp3) is 0.524. The van der Waals surface area contributed by atoms with Gasteiger partial charge in [0, 0.05) is 10.9 Å². The van der Waals surface area contributed by atoms with Gasteiger partial charge < -0.3 is 28.7 Å². The number of carbonyl (C=O) groups excluding carboxylic acids is 1. The second-order valence-electron chi connectivity index (χ2n) is 8.70. The van der Waals surface area contributed by atoms with Gasteiger partial charge in [-0.1, -0.05) is 18.2 Å². The van der Waals surface area contributed by atoms with E-state index in [4.69, 9.17) is 23.7 Å². The van der Waals surface area contributed by atoms with Crippen LogP contribution in [-0.4, -0.2) is 59.4 Å². The fourth-order valence-corrected chi connectivity index (χ4v) is 4.33. The quantitative estimate of drug-likeness (QED) is 0.589. The van der Waals surface area contributed by atoms with E-state index in [0.717, 1.165) is 10.9 Å². The Hall–Kier alpha value is -2.30. The van der Waals surface area contributed by atoms with E-state index in [-0.39, 0.29) is 12.0 Å². The van der Waals surface area contributed by atoms with Gasteiger partial charge in [0.15, 0.2) is 23.5 Å².